The molecule has 0 bridgehead atoms. The monoisotopic (exact) mass is 260 g/mol. The van der Waals surface area contributed by atoms with Gasteiger partial charge in [-0.1, -0.05) is 24.1 Å². The fraction of sp³-hybridized carbons (Fsp3) is 0.286. The maximum Gasteiger partial charge on any atom is 0.323 e. The van der Waals surface area contributed by atoms with Crippen molar-refractivity contribution in [2.45, 2.75) is 13.8 Å². The van der Waals surface area contributed by atoms with Crippen LogP contribution < -0.4 is 5.32 Å². The number of aryl methyl sites for hydroxylation is 2. The molecule has 0 aliphatic carbocycles. The summed E-state index contributed by atoms with van der Waals surface area (Å²) in [5, 5.41) is 11.4. The molecule has 1 aromatic carbocycles. The maximum absolute atomic E-state index is 12.0. The summed E-state index contributed by atoms with van der Waals surface area (Å²) in [6.45, 7) is 3.25. The SMILES string of the molecule is C#CCN(CC(=O)O)C(=O)Nc1c(C)cccc1C. The summed E-state index contributed by atoms with van der Waals surface area (Å²) in [5.74, 6) is 1.17. The number of anilines is 1. The van der Waals surface area contributed by atoms with Crippen LogP contribution in [-0.2, 0) is 4.79 Å². The van der Waals surface area contributed by atoms with Crippen molar-refractivity contribution < 1.29 is 14.7 Å². The van der Waals surface area contributed by atoms with Crippen molar-refractivity contribution >= 4 is 17.7 Å². The van der Waals surface area contributed by atoms with Gasteiger partial charge in [-0.25, -0.2) is 4.79 Å². The second-order valence-corrected chi connectivity index (χ2v) is 4.15. The largest absolute Gasteiger partial charge is 0.480 e. The van der Waals surface area contributed by atoms with E-state index in [0.717, 1.165) is 16.0 Å². The number of carboxylic acids is 1. The summed E-state index contributed by atoms with van der Waals surface area (Å²) in [4.78, 5) is 23.7. The van der Waals surface area contributed by atoms with Gasteiger partial charge in [-0.15, -0.1) is 6.42 Å². The summed E-state index contributed by atoms with van der Waals surface area (Å²) in [6, 6.07) is 5.10. The van der Waals surface area contributed by atoms with Crippen molar-refractivity contribution in [1.29, 1.82) is 0 Å². The average Bonchev–Trinajstić information content (AvgIpc) is 2.32. The molecule has 1 rings (SSSR count). The number of aliphatic carboxylic acids is 1. The van der Waals surface area contributed by atoms with Gasteiger partial charge in [-0.3, -0.25) is 4.79 Å². The molecule has 5 nitrogen and oxygen atoms in total. The average molecular weight is 260 g/mol. The lowest BCUT2D eigenvalue weighted by Crippen LogP contribution is -2.39. The summed E-state index contributed by atoms with van der Waals surface area (Å²) >= 11 is 0. The fourth-order valence-corrected chi connectivity index (χ4v) is 1.67. The number of nitrogens with one attached hydrogen (secondary N) is 1. The summed E-state index contributed by atoms with van der Waals surface area (Å²) < 4.78 is 0. The predicted octanol–water partition coefficient (Wildman–Crippen LogP) is 1.86. The second kappa shape index (κ2) is 6.45. The minimum Gasteiger partial charge on any atom is -0.480 e. The van der Waals surface area contributed by atoms with E-state index in [0.29, 0.717) is 5.69 Å². The minimum absolute atomic E-state index is 0.0525. The molecule has 0 heterocycles. The zero-order valence-electron chi connectivity index (χ0n) is 10.9. The van der Waals surface area contributed by atoms with Crippen LogP contribution in [-0.4, -0.2) is 35.1 Å². The van der Waals surface area contributed by atoms with E-state index >= 15 is 0 Å². The van der Waals surface area contributed by atoms with Crippen LogP contribution in [0, 0.1) is 26.2 Å². The Kier molecular flexibility index (Phi) is 4.95. The van der Waals surface area contributed by atoms with Crippen LogP contribution >= 0.6 is 0 Å². The fourth-order valence-electron chi connectivity index (χ4n) is 1.67. The van der Waals surface area contributed by atoms with E-state index in [-0.39, 0.29) is 6.54 Å². The molecule has 19 heavy (non-hydrogen) atoms. The van der Waals surface area contributed by atoms with Crippen LogP contribution in [0.5, 0.6) is 0 Å². The highest BCUT2D eigenvalue weighted by Gasteiger charge is 2.17. The molecule has 0 fully saturated rings. The molecule has 0 aromatic heterocycles. The number of amides is 2. The molecule has 0 spiro atoms. The minimum atomic E-state index is -1.10. The van der Waals surface area contributed by atoms with Crippen LogP contribution in [0.3, 0.4) is 0 Å². The van der Waals surface area contributed by atoms with Gasteiger partial charge in [0.05, 0.1) is 6.54 Å². The predicted molar refractivity (Wildman–Crippen MR) is 73.0 cm³/mol. The molecule has 5 heteroatoms. The Morgan fingerprint density at radius 2 is 1.95 bits per heavy atom. The smallest absolute Gasteiger partial charge is 0.323 e. The first-order valence-corrected chi connectivity index (χ1v) is 5.73. The Morgan fingerprint density at radius 1 is 1.37 bits per heavy atom. The van der Waals surface area contributed by atoms with Crippen molar-refractivity contribution in [2.75, 3.05) is 18.4 Å². The first kappa shape index (κ1) is 14.6. The Hall–Kier alpha value is -2.48. The first-order valence-electron chi connectivity index (χ1n) is 5.73. The zero-order chi connectivity index (χ0) is 14.4. The number of urea groups is 1. The van der Waals surface area contributed by atoms with Gasteiger partial charge in [0.1, 0.15) is 6.54 Å². The highest BCUT2D eigenvalue weighted by Crippen LogP contribution is 2.19. The van der Waals surface area contributed by atoms with Gasteiger partial charge in [-0.05, 0) is 25.0 Å². The number of carbonyl (C=O) groups is 2. The lowest BCUT2D eigenvalue weighted by atomic mass is 10.1. The maximum atomic E-state index is 12.0. The molecule has 0 aliphatic heterocycles. The van der Waals surface area contributed by atoms with Crippen LogP contribution in [0.15, 0.2) is 18.2 Å². The van der Waals surface area contributed by atoms with Gasteiger partial charge in [0, 0.05) is 5.69 Å². The van der Waals surface area contributed by atoms with Crippen molar-refractivity contribution in [2.24, 2.45) is 0 Å². The summed E-state index contributed by atoms with van der Waals surface area (Å²) in [6.07, 6.45) is 5.13. The number of carboxylic acid groups (broad SMARTS) is 1. The Bertz CT molecular complexity index is 512. The van der Waals surface area contributed by atoms with Crippen molar-refractivity contribution in [1.82, 2.24) is 4.90 Å². The van der Waals surface area contributed by atoms with Gasteiger partial charge in [0.2, 0.25) is 0 Å². The number of para-hydroxylation sites is 1. The van der Waals surface area contributed by atoms with E-state index in [1.165, 1.54) is 0 Å². The van der Waals surface area contributed by atoms with Gasteiger partial charge in [0.15, 0.2) is 0 Å². The lowest BCUT2D eigenvalue weighted by Gasteiger charge is -2.20. The van der Waals surface area contributed by atoms with Crippen molar-refractivity contribution in [3.05, 3.63) is 29.3 Å². The molecule has 0 atom stereocenters. The highest BCUT2D eigenvalue weighted by molar-refractivity contribution is 5.92. The molecule has 100 valence electrons. The van der Waals surface area contributed by atoms with Crippen LogP contribution in [0.4, 0.5) is 10.5 Å². The van der Waals surface area contributed by atoms with Crippen molar-refractivity contribution in [3.63, 3.8) is 0 Å². The van der Waals surface area contributed by atoms with Crippen LogP contribution in [0.25, 0.3) is 0 Å². The number of hydrogen-bond donors (Lipinski definition) is 2. The summed E-state index contributed by atoms with van der Waals surface area (Å²) in [5.41, 5.74) is 2.49. The number of hydrogen-bond acceptors (Lipinski definition) is 2. The third-order valence-electron chi connectivity index (χ3n) is 2.61. The van der Waals surface area contributed by atoms with E-state index in [1.807, 2.05) is 32.0 Å². The Balaban J connectivity index is 2.87. The van der Waals surface area contributed by atoms with Crippen LogP contribution in [0.1, 0.15) is 11.1 Å². The number of benzene rings is 1. The van der Waals surface area contributed by atoms with E-state index in [2.05, 4.69) is 11.2 Å². The topological polar surface area (TPSA) is 69.6 Å². The molecular weight excluding hydrogens is 244 g/mol. The molecule has 2 N–H and O–H groups in total. The molecule has 0 aliphatic rings. The highest BCUT2D eigenvalue weighted by atomic mass is 16.4. The molecule has 1 aromatic rings. The standard InChI is InChI=1S/C14H16N2O3/c1-4-8-16(9-12(17)18)14(19)15-13-10(2)6-5-7-11(13)3/h1,5-7H,8-9H2,2-3H3,(H,15,19)(H,17,18). The van der Waals surface area contributed by atoms with Crippen molar-refractivity contribution in [3.8, 4) is 12.3 Å². The van der Waals surface area contributed by atoms with E-state index < -0.39 is 18.5 Å². The number of nitrogens with zero attached hydrogens (tertiary/aromatic N) is 1. The normalized spacial score (nSPS) is 9.53. The third kappa shape index (κ3) is 4.03. The van der Waals surface area contributed by atoms with Gasteiger partial charge < -0.3 is 15.3 Å². The van der Waals surface area contributed by atoms with E-state index in [4.69, 9.17) is 11.5 Å². The summed E-state index contributed by atoms with van der Waals surface area (Å²) in [7, 11) is 0. The van der Waals surface area contributed by atoms with Gasteiger partial charge in [0.25, 0.3) is 0 Å². The molecule has 0 unspecified atom stereocenters. The van der Waals surface area contributed by atoms with E-state index in [1.54, 1.807) is 0 Å². The van der Waals surface area contributed by atoms with E-state index in [9.17, 15) is 9.59 Å². The quantitative estimate of drug-likeness (QED) is 0.812. The molecule has 2 amide bonds. The first-order chi connectivity index (χ1) is 8.95. The number of terminal acetylenes is 1. The third-order valence-corrected chi connectivity index (χ3v) is 2.61. The molecule has 0 radical (unpaired) electrons. The Morgan fingerprint density at radius 3 is 2.42 bits per heavy atom. The lowest BCUT2D eigenvalue weighted by molar-refractivity contribution is -0.137. The molecular formula is C14H16N2O3. The Labute approximate surface area is 112 Å². The number of rotatable bonds is 4. The van der Waals surface area contributed by atoms with Crippen LogP contribution in [0.2, 0.25) is 0 Å². The second-order valence-electron chi connectivity index (χ2n) is 4.15. The number of carbonyl (C=O) groups excluding carboxylic acids is 1. The van der Waals surface area contributed by atoms with Gasteiger partial charge in [-0.2, -0.15) is 0 Å². The zero-order valence-corrected chi connectivity index (χ0v) is 10.9. The molecule has 0 saturated carbocycles. The van der Waals surface area contributed by atoms with Gasteiger partial charge >= 0.3 is 12.0 Å². The molecule has 0 saturated heterocycles.